The fourth-order valence-electron chi connectivity index (χ4n) is 2.99. The van der Waals surface area contributed by atoms with Gasteiger partial charge in [-0.05, 0) is 19.4 Å². The molecule has 1 saturated heterocycles. The van der Waals surface area contributed by atoms with E-state index in [1.165, 1.54) is 0 Å². The first-order valence-corrected chi connectivity index (χ1v) is 9.91. The van der Waals surface area contributed by atoms with Crippen molar-refractivity contribution in [2.45, 2.75) is 43.8 Å². The van der Waals surface area contributed by atoms with Crippen LogP contribution < -0.4 is 24.8 Å². The van der Waals surface area contributed by atoms with Crippen LogP contribution >= 0.6 is 12.4 Å². The second-order valence-electron chi connectivity index (χ2n) is 7.36. The molecule has 1 aliphatic heterocycles. The maximum Gasteiger partial charge on any atom is 0.422 e. The van der Waals surface area contributed by atoms with Crippen LogP contribution in [0.5, 0.6) is 17.2 Å². The van der Waals surface area contributed by atoms with Crippen LogP contribution in [0.2, 0.25) is 0 Å². The topological polar surface area (TPSA) is 68.8 Å². The first-order valence-electron chi connectivity index (χ1n) is 9.91. The SMILES string of the molecule is Cl.O=C(NCC1CCCCN1)c1c(OCC(F)(F)F)cc(OCC(F)(F)F)cc1OCC(F)(F)F. The van der Waals surface area contributed by atoms with E-state index in [4.69, 9.17) is 0 Å². The number of halogens is 10. The molecule has 202 valence electrons. The van der Waals surface area contributed by atoms with Crippen molar-refractivity contribution in [2.75, 3.05) is 32.9 Å². The summed E-state index contributed by atoms with van der Waals surface area (Å²) in [4.78, 5) is 12.7. The van der Waals surface area contributed by atoms with Gasteiger partial charge in [-0.3, -0.25) is 4.79 Å². The number of carbonyl (C=O) groups excluding carboxylic acids is 1. The third-order valence-corrected chi connectivity index (χ3v) is 4.37. The summed E-state index contributed by atoms with van der Waals surface area (Å²) in [6, 6.07) is 0.906. The monoisotopic (exact) mass is 548 g/mol. The number of alkyl halides is 9. The minimum atomic E-state index is -4.92. The maximum absolute atomic E-state index is 12.7. The number of rotatable bonds is 9. The van der Waals surface area contributed by atoms with Crippen LogP contribution in [0.1, 0.15) is 29.6 Å². The number of amides is 1. The lowest BCUT2D eigenvalue weighted by Gasteiger charge is -2.24. The fourth-order valence-corrected chi connectivity index (χ4v) is 2.99. The predicted molar refractivity (Wildman–Crippen MR) is 106 cm³/mol. The molecule has 1 unspecified atom stereocenters. The van der Waals surface area contributed by atoms with E-state index >= 15 is 0 Å². The first kappa shape index (κ1) is 30.7. The van der Waals surface area contributed by atoms with Gasteiger partial charge in [-0.1, -0.05) is 6.42 Å². The minimum Gasteiger partial charge on any atom is -0.484 e. The smallest absolute Gasteiger partial charge is 0.422 e. The summed E-state index contributed by atoms with van der Waals surface area (Å²) in [7, 11) is 0. The zero-order valence-electron chi connectivity index (χ0n) is 17.8. The molecule has 0 aliphatic carbocycles. The maximum atomic E-state index is 12.7. The average Bonchev–Trinajstić information content (AvgIpc) is 2.72. The van der Waals surface area contributed by atoms with Crippen molar-refractivity contribution < 1.29 is 58.5 Å². The summed E-state index contributed by atoms with van der Waals surface area (Å²) in [6.45, 7) is -5.20. The molecule has 2 N–H and O–H groups in total. The highest BCUT2D eigenvalue weighted by atomic mass is 35.5. The zero-order valence-corrected chi connectivity index (χ0v) is 18.6. The molecule has 1 fully saturated rings. The molecule has 1 amide bonds. The normalized spacial score (nSPS) is 16.8. The van der Waals surface area contributed by atoms with Gasteiger partial charge in [0.05, 0.1) is 0 Å². The second-order valence-corrected chi connectivity index (χ2v) is 7.36. The van der Waals surface area contributed by atoms with Crippen LogP contribution in [0.15, 0.2) is 12.1 Å². The summed E-state index contributed by atoms with van der Waals surface area (Å²) < 4.78 is 127. The number of hydrogen-bond acceptors (Lipinski definition) is 5. The predicted octanol–water partition coefficient (Wildman–Crippen LogP) is 4.80. The zero-order chi connectivity index (χ0) is 25.6. The minimum absolute atomic E-state index is 0. The van der Waals surface area contributed by atoms with Crippen LogP contribution in [-0.4, -0.2) is 63.4 Å². The number of piperidine rings is 1. The van der Waals surface area contributed by atoms with Gasteiger partial charge in [-0.15, -0.1) is 12.4 Å². The van der Waals surface area contributed by atoms with Crippen LogP contribution in [0.3, 0.4) is 0 Å². The molecule has 0 saturated carbocycles. The molecule has 1 aromatic rings. The molecule has 1 heterocycles. The summed E-state index contributed by atoms with van der Waals surface area (Å²) in [5.74, 6) is -3.85. The van der Waals surface area contributed by atoms with Gasteiger partial charge in [-0.25, -0.2) is 0 Å². The molecule has 0 spiro atoms. The number of ether oxygens (including phenoxy) is 3. The molecule has 1 aromatic carbocycles. The van der Waals surface area contributed by atoms with Crippen molar-refractivity contribution in [3.63, 3.8) is 0 Å². The highest BCUT2D eigenvalue weighted by molar-refractivity contribution is 6.00. The fraction of sp³-hybridized carbons (Fsp3) is 0.632. The Kier molecular flexibility index (Phi) is 11.1. The Morgan fingerprint density at radius 2 is 1.34 bits per heavy atom. The van der Waals surface area contributed by atoms with Gasteiger partial charge in [0.25, 0.3) is 5.91 Å². The molecule has 16 heteroatoms. The van der Waals surface area contributed by atoms with Crippen LogP contribution in [0.25, 0.3) is 0 Å². The van der Waals surface area contributed by atoms with Gasteiger partial charge >= 0.3 is 18.5 Å². The lowest BCUT2D eigenvalue weighted by atomic mass is 10.0. The molecule has 0 radical (unpaired) electrons. The standard InChI is InChI=1S/C19H21F9N2O4.ClH/c20-17(21,22)8-32-12-5-13(33-9-18(23,24)25)15(14(6-12)34-10-19(26,27)28)16(31)30-7-11-3-1-2-4-29-11;/h5-6,11,29H,1-4,7-10H2,(H,30,31);1H. The van der Waals surface area contributed by atoms with E-state index in [9.17, 15) is 44.3 Å². The number of carbonyl (C=O) groups is 1. The Balaban J connectivity index is 0.00000612. The molecular formula is C19H22ClF9N2O4. The van der Waals surface area contributed by atoms with E-state index in [0.29, 0.717) is 25.1 Å². The number of benzene rings is 1. The van der Waals surface area contributed by atoms with Crippen molar-refractivity contribution >= 4 is 18.3 Å². The van der Waals surface area contributed by atoms with E-state index in [0.717, 1.165) is 12.8 Å². The molecule has 1 aliphatic rings. The summed E-state index contributed by atoms with van der Waals surface area (Å²) in [6.07, 6.45) is -12.3. The Morgan fingerprint density at radius 3 is 1.77 bits per heavy atom. The Morgan fingerprint density at radius 1 is 0.857 bits per heavy atom. The Bertz CT molecular complexity index is 787. The third-order valence-electron chi connectivity index (χ3n) is 4.37. The molecule has 35 heavy (non-hydrogen) atoms. The van der Waals surface area contributed by atoms with E-state index in [2.05, 4.69) is 24.8 Å². The van der Waals surface area contributed by atoms with E-state index < -0.39 is 67.1 Å². The average molecular weight is 549 g/mol. The molecular weight excluding hydrogens is 527 g/mol. The Labute approximate surface area is 199 Å². The summed E-state index contributed by atoms with van der Waals surface area (Å²) in [5.41, 5.74) is -0.844. The highest BCUT2D eigenvalue weighted by Crippen LogP contribution is 2.37. The molecule has 0 bridgehead atoms. The quantitative estimate of drug-likeness (QED) is 0.434. The van der Waals surface area contributed by atoms with Gasteiger partial charge in [-0.2, -0.15) is 39.5 Å². The lowest BCUT2D eigenvalue weighted by Crippen LogP contribution is -2.43. The van der Waals surface area contributed by atoms with Crippen LogP contribution in [0, 0.1) is 0 Å². The van der Waals surface area contributed by atoms with Crippen LogP contribution in [-0.2, 0) is 0 Å². The van der Waals surface area contributed by atoms with Crippen molar-refractivity contribution in [1.29, 1.82) is 0 Å². The number of hydrogen-bond donors (Lipinski definition) is 2. The van der Waals surface area contributed by atoms with Crippen molar-refractivity contribution in [1.82, 2.24) is 10.6 Å². The summed E-state index contributed by atoms with van der Waals surface area (Å²) in [5, 5.41) is 5.46. The highest BCUT2D eigenvalue weighted by Gasteiger charge is 2.34. The van der Waals surface area contributed by atoms with E-state index in [1.807, 2.05) is 0 Å². The summed E-state index contributed by atoms with van der Waals surface area (Å²) >= 11 is 0. The van der Waals surface area contributed by atoms with Gasteiger partial charge < -0.3 is 24.8 Å². The largest absolute Gasteiger partial charge is 0.484 e. The first-order chi connectivity index (χ1) is 15.6. The molecule has 1 atom stereocenters. The lowest BCUT2D eigenvalue weighted by molar-refractivity contribution is -0.154. The van der Waals surface area contributed by atoms with Gasteiger partial charge in [0.1, 0.15) is 22.8 Å². The van der Waals surface area contributed by atoms with Gasteiger partial charge in [0.15, 0.2) is 19.8 Å². The second kappa shape index (κ2) is 12.6. The van der Waals surface area contributed by atoms with Crippen molar-refractivity contribution in [3.05, 3.63) is 17.7 Å². The Hall–Kier alpha value is -2.29. The third kappa shape index (κ3) is 11.8. The molecule has 0 aromatic heterocycles. The van der Waals surface area contributed by atoms with E-state index in [-0.39, 0.29) is 25.0 Å². The molecule has 6 nitrogen and oxygen atoms in total. The van der Waals surface area contributed by atoms with E-state index in [1.54, 1.807) is 0 Å². The molecule has 2 rings (SSSR count). The van der Waals surface area contributed by atoms with Crippen molar-refractivity contribution in [2.24, 2.45) is 0 Å². The van der Waals surface area contributed by atoms with Crippen LogP contribution in [0.4, 0.5) is 39.5 Å². The van der Waals surface area contributed by atoms with Gasteiger partial charge in [0, 0.05) is 24.7 Å². The van der Waals surface area contributed by atoms with Gasteiger partial charge in [0.2, 0.25) is 0 Å². The van der Waals surface area contributed by atoms with Crippen molar-refractivity contribution in [3.8, 4) is 17.2 Å². The number of nitrogens with one attached hydrogen (secondary N) is 2.